The quantitative estimate of drug-likeness (QED) is 0.492. The Bertz CT molecular complexity index is 1180. The molecule has 3 aliphatic rings. The summed E-state index contributed by atoms with van der Waals surface area (Å²) >= 11 is 0. The number of hydrogen-bond donors (Lipinski definition) is 2. The normalized spacial score (nSPS) is 19.5. The molecule has 2 N–H and O–H groups in total. The second kappa shape index (κ2) is 12.4. The molecule has 0 aliphatic carbocycles. The average molecular weight is 538 g/mol. The lowest BCUT2D eigenvalue weighted by Crippen LogP contribution is -2.60. The first-order chi connectivity index (χ1) is 19.0. The molecule has 11 nitrogen and oxygen atoms in total. The van der Waals surface area contributed by atoms with E-state index in [2.05, 4.69) is 26.5 Å². The highest BCUT2D eigenvalue weighted by Crippen LogP contribution is 2.32. The third-order valence-corrected chi connectivity index (χ3v) is 7.15. The van der Waals surface area contributed by atoms with Crippen molar-refractivity contribution in [2.24, 2.45) is 0 Å². The van der Waals surface area contributed by atoms with Crippen LogP contribution in [-0.4, -0.2) is 97.7 Å². The van der Waals surface area contributed by atoms with Crippen molar-refractivity contribution < 1.29 is 28.6 Å². The Kier molecular flexibility index (Phi) is 8.48. The number of hydrogen-bond acceptors (Lipinski definition) is 8. The third kappa shape index (κ3) is 6.79. The van der Waals surface area contributed by atoms with Crippen LogP contribution in [0.2, 0.25) is 0 Å². The predicted octanol–water partition coefficient (Wildman–Crippen LogP) is 1.29. The van der Waals surface area contributed by atoms with Crippen molar-refractivity contribution in [1.82, 2.24) is 20.0 Å². The summed E-state index contributed by atoms with van der Waals surface area (Å²) in [5.74, 6) is 1.52. The number of benzene rings is 2. The zero-order valence-electron chi connectivity index (χ0n) is 22.2. The first-order valence-corrected chi connectivity index (χ1v) is 13.4. The highest BCUT2D eigenvalue weighted by atomic mass is 16.7. The van der Waals surface area contributed by atoms with E-state index in [0.29, 0.717) is 31.1 Å². The number of carbonyl (C=O) groups is 3. The van der Waals surface area contributed by atoms with Gasteiger partial charge in [-0.05, 0) is 48.9 Å². The van der Waals surface area contributed by atoms with E-state index in [1.165, 1.54) is 0 Å². The van der Waals surface area contributed by atoms with Gasteiger partial charge in [0.05, 0.1) is 19.6 Å². The number of fused-ring (bicyclic) bond motifs is 1. The Balaban J connectivity index is 1.11. The van der Waals surface area contributed by atoms with Gasteiger partial charge in [0.1, 0.15) is 11.8 Å². The third-order valence-electron chi connectivity index (χ3n) is 7.15. The van der Waals surface area contributed by atoms with Gasteiger partial charge in [0, 0.05) is 51.5 Å². The molecule has 2 aromatic carbocycles. The minimum Gasteiger partial charge on any atom is -0.494 e. The van der Waals surface area contributed by atoms with Gasteiger partial charge in [-0.25, -0.2) is 0 Å². The van der Waals surface area contributed by atoms with Crippen LogP contribution in [0.4, 0.5) is 5.69 Å². The maximum Gasteiger partial charge on any atom is 0.243 e. The van der Waals surface area contributed by atoms with Crippen LogP contribution in [0.3, 0.4) is 0 Å². The molecule has 2 aromatic rings. The van der Waals surface area contributed by atoms with Crippen LogP contribution in [-0.2, 0) is 20.9 Å². The molecule has 0 bridgehead atoms. The number of anilines is 1. The SMILES string of the molecule is CCOc1ccc(NC(=O)CC2C(=O)NCCN2C(=O)CN2CCN(Cc3ccc4c(c3)OCO4)CC2)cc1. The van der Waals surface area contributed by atoms with Crippen LogP contribution in [0.1, 0.15) is 18.9 Å². The van der Waals surface area contributed by atoms with Gasteiger partial charge in [-0.1, -0.05) is 6.07 Å². The highest BCUT2D eigenvalue weighted by molar-refractivity contribution is 5.97. The fourth-order valence-corrected chi connectivity index (χ4v) is 5.09. The van der Waals surface area contributed by atoms with Crippen molar-refractivity contribution in [2.45, 2.75) is 25.9 Å². The summed E-state index contributed by atoms with van der Waals surface area (Å²) in [5.41, 5.74) is 1.77. The summed E-state index contributed by atoms with van der Waals surface area (Å²) in [5, 5.41) is 5.60. The molecule has 0 saturated carbocycles. The zero-order chi connectivity index (χ0) is 27.2. The molecule has 3 amide bonds. The van der Waals surface area contributed by atoms with Gasteiger partial charge in [-0.2, -0.15) is 0 Å². The van der Waals surface area contributed by atoms with Crippen LogP contribution in [0.5, 0.6) is 17.2 Å². The topological polar surface area (TPSA) is 113 Å². The van der Waals surface area contributed by atoms with Gasteiger partial charge < -0.3 is 29.7 Å². The molecule has 0 radical (unpaired) electrons. The lowest BCUT2D eigenvalue weighted by molar-refractivity contribution is -0.145. The number of nitrogens with zero attached hydrogens (tertiary/aromatic N) is 3. The Morgan fingerprint density at radius 2 is 1.74 bits per heavy atom. The summed E-state index contributed by atoms with van der Waals surface area (Å²) < 4.78 is 16.3. The van der Waals surface area contributed by atoms with Gasteiger partial charge in [0.25, 0.3) is 0 Å². The minimum atomic E-state index is -0.832. The van der Waals surface area contributed by atoms with Crippen molar-refractivity contribution in [3.05, 3.63) is 48.0 Å². The molecule has 3 aliphatic heterocycles. The molecule has 1 atom stereocenters. The molecule has 11 heteroatoms. The van der Waals surface area contributed by atoms with E-state index < -0.39 is 6.04 Å². The fraction of sp³-hybridized carbons (Fsp3) is 0.464. The predicted molar refractivity (Wildman–Crippen MR) is 144 cm³/mol. The standard InChI is InChI=1S/C28H35N5O6/c1-2-37-22-6-4-21(5-7-22)30-26(34)16-23-28(36)29-9-10-33(23)27(35)18-32-13-11-31(12-14-32)17-20-3-8-24-25(15-20)39-19-38-24/h3-8,15,23H,2,9-14,16-19H2,1H3,(H,29,36)(H,30,34). The van der Waals surface area contributed by atoms with E-state index in [0.717, 1.165) is 49.8 Å². The van der Waals surface area contributed by atoms with Gasteiger partial charge >= 0.3 is 0 Å². The van der Waals surface area contributed by atoms with Gasteiger partial charge in [-0.15, -0.1) is 0 Å². The number of nitrogens with one attached hydrogen (secondary N) is 2. The Morgan fingerprint density at radius 1 is 1.00 bits per heavy atom. The number of rotatable bonds is 9. The summed E-state index contributed by atoms with van der Waals surface area (Å²) in [6.07, 6.45) is -0.103. The smallest absolute Gasteiger partial charge is 0.243 e. The fourth-order valence-electron chi connectivity index (χ4n) is 5.09. The number of amides is 3. The van der Waals surface area contributed by atoms with Crippen LogP contribution in [0, 0.1) is 0 Å². The highest BCUT2D eigenvalue weighted by Gasteiger charge is 2.35. The average Bonchev–Trinajstić information content (AvgIpc) is 3.40. The van der Waals surface area contributed by atoms with E-state index >= 15 is 0 Å². The van der Waals surface area contributed by atoms with E-state index in [1.807, 2.05) is 19.1 Å². The van der Waals surface area contributed by atoms with Crippen molar-refractivity contribution >= 4 is 23.4 Å². The summed E-state index contributed by atoms with van der Waals surface area (Å²) in [7, 11) is 0. The lowest BCUT2D eigenvalue weighted by Gasteiger charge is -2.38. The second-order valence-electron chi connectivity index (χ2n) is 9.84. The lowest BCUT2D eigenvalue weighted by atomic mass is 10.1. The molecule has 0 spiro atoms. The second-order valence-corrected chi connectivity index (χ2v) is 9.84. The van der Waals surface area contributed by atoms with Crippen molar-refractivity contribution in [3.8, 4) is 17.2 Å². The number of carbonyl (C=O) groups excluding carboxylic acids is 3. The van der Waals surface area contributed by atoms with Crippen LogP contribution < -0.4 is 24.8 Å². The molecule has 39 heavy (non-hydrogen) atoms. The maximum absolute atomic E-state index is 13.3. The molecule has 3 heterocycles. The molecule has 1 unspecified atom stereocenters. The van der Waals surface area contributed by atoms with Crippen molar-refractivity contribution in [1.29, 1.82) is 0 Å². The monoisotopic (exact) mass is 537 g/mol. The number of ether oxygens (including phenoxy) is 3. The summed E-state index contributed by atoms with van der Waals surface area (Å²) in [6.45, 7) is 7.67. The van der Waals surface area contributed by atoms with Crippen molar-refractivity contribution in [3.63, 3.8) is 0 Å². The molecule has 0 aromatic heterocycles. The number of piperazine rings is 2. The van der Waals surface area contributed by atoms with E-state index in [-0.39, 0.29) is 37.5 Å². The molecule has 5 rings (SSSR count). The van der Waals surface area contributed by atoms with Crippen molar-refractivity contribution in [2.75, 3.05) is 64.5 Å². The van der Waals surface area contributed by atoms with Gasteiger partial charge in [0.2, 0.25) is 24.5 Å². The molecular weight excluding hydrogens is 502 g/mol. The Morgan fingerprint density at radius 3 is 2.51 bits per heavy atom. The molecular formula is C28H35N5O6. The largest absolute Gasteiger partial charge is 0.494 e. The summed E-state index contributed by atoms with van der Waals surface area (Å²) in [6, 6.07) is 12.2. The zero-order valence-corrected chi connectivity index (χ0v) is 22.2. The first-order valence-electron chi connectivity index (χ1n) is 13.4. The molecule has 2 saturated heterocycles. The Hall–Kier alpha value is -3.83. The first kappa shape index (κ1) is 26.8. The van der Waals surface area contributed by atoms with E-state index in [1.54, 1.807) is 29.2 Å². The molecule has 2 fully saturated rings. The summed E-state index contributed by atoms with van der Waals surface area (Å²) in [4.78, 5) is 44.7. The minimum absolute atomic E-state index is 0.103. The maximum atomic E-state index is 13.3. The Labute approximate surface area is 228 Å². The molecule has 208 valence electrons. The van der Waals surface area contributed by atoms with Crippen LogP contribution in [0.25, 0.3) is 0 Å². The van der Waals surface area contributed by atoms with E-state index in [9.17, 15) is 14.4 Å². The van der Waals surface area contributed by atoms with Crippen LogP contribution >= 0.6 is 0 Å². The van der Waals surface area contributed by atoms with Gasteiger partial charge in [0.15, 0.2) is 11.5 Å². The van der Waals surface area contributed by atoms with E-state index in [4.69, 9.17) is 14.2 Å². The van der Waals surface area contributed by atoms with Crippen LogP contribution in [0.15, 0.2) is 42.5 Å². The van der Waals surface area contributed by atoms with Gasteiger partial charge in [-0.3, -0.25) is 24.2 Å².